The zero-order valence-corrected chi connectivity index (χ0v) is 10.8. The highest BCUT2D eigenvalue weighted by atomic mass is 32.2. The number of ether oxygens (including phenoxy) is 1. The Labute approximate surface area is 106 Å². The summed E-state index contributed by atoms with van der Waals surface area (Å²) in [5.41, 5.74) is 6.30. The minimum Gasteiger partial charge on any atom is -0.383 e. The SMILES string of the molecule is COCCNCc1ccc(SCC(N)=O)cc1. The molecule has 94 valence electrons. The number of hydrogen-bond donors (Lipinski definition) is 2. The summed E-state index contributed by atoms with van der Waals surface area (Å²) in [7, 11) is 1.69. The molecule has 5 heteroatoms. The zero-order chi connectivity index (χ0) is 12.5. The average Bonchev–Trinajstić information content (AvgIpc) is 2.33. The Morgan fingerprint density at radius 3 is 2.71 bits per heavy atom. The van der Waals surface area contributed by atoms with Crippen LogP contribution in [-0.4, -0.2) is 31.9 Å². The predicted octanol–water partition coefficient (Wildman–Crippen LogP) is 1.000. The van der Waals surface area contributed by atoms with E-state index in [2.05, 4.69) is 5.32 Å². The van der Waals surface area contributed by atoms with Gasteiger partial charge in [0.25, 0.3) is 0 Å². The Bertz CT molecular complexity index is 341. The summed E-state index contributed by atoms with van der Waals surface area (Å²) < 4.78 is 4.94. The highest BCUT2D eigenvalue weighted by Crippen LogP contribution is 2.17. The van der Waals surface area contributed by atoms with Crippen LogP contribution in [0.2, 0.25) is 0 Å². The molecule has 0 spiro atoms. The van der Waals surface area contributed by atoms with Crippen LogP contribution in [0.15, 0.2) is 29.2 Å². The molecule has 1 amide bonds. The molecular formula is C12H18N2O2S. The number of thioether (sulfide) groups is 1. The van der Waals surface area contributed by atoms with Crippen molar-refractivity contribution in [3.63, 3.8) is 0 Å². The van der Waals surface area contributed by atoms with E-state index in [1.165, 1.54) is 17.3 Å². The number of primary amides is 1. The maximum Gasteiger partial charge on any atom is 0.227 e. The van der Waals surface area contributed by atoms with Crippen LogP contribution in [0.5, 0.6) is 0 Å². The van der Waals surface area contributed by atoms with Crippen molar-refractivity contribution in [1.82, 2.24) is 5.32 Å². The molecule has 0 aliphatic rings. The van der Waals surface area contributed by atoms with Crippen LogP contribution in [0.4, 0.5) is 0 Å². The molecule has 0 heterocycles. The third kappa shape index (κ3) is 6.31. The van der Waals surface area contributed by atoms with Crippen LogP contribution >= 0.6 is 11.8 Å². The third-order valence-electron chi connectivity index (χ3n) is 2.12. The van der Waals surface area contributed by atoms with E-state index in [0.29, 0.717) is 12.4 Å². The minimum atomic E-state index is -0.291. The molecule has 0 unspecified atom stereocenters. The van der Waals surface area contributed by atoms with Gasteiger partial charge in [0, 0.05) is 25.1 Å². The highest BCUT2D eigenvalue weighted by Gasteiger charge is 1.98. The number of benzene rings is 1. The van der Waals surface area contributed by atoms with Crippen LogP contribution in [0, 0.1) is 0 Å². The summed E-state index contributed by atoms with van der Waals surface area (Å²) in [5.74, 6) is 0.0335. The second-order valence-electron chi connectivity index (χ2n) is 3.57. The lowest BCUT2D eigenvalue weighted by molar-refractivity contribution is -0.115. The van der Waals surface area contributed by atoms with Gasteiger partial charge >= 0.3 is 0 Å². The summed E-state index contributed by atoms with van der Waals surface area (Å²) >= 11 is 1.45. The first-order valence-corrected chi connectivity index (χ1v) is 6.40. The lowest BCUT2D eigenvalue weighted by Gasteiger charge is -2.05. The first-order chi connectivity index (χ1) is 8.22. The molecule has 0 radical (unpaired) electrons. The normalized spacial score (nSPS) is 10.4. The molecule has 0 saturated heterocycles. The third-order valence-corrected chi connectivity index (χ3v) is 3.15. The van der Waals surface area contributed by atoms with Crippen molar-refractivity contribution in [3.05, 3.63) is 29.8 Å². The number of carbonyl (C=O) groups excluding carboxylic acids is 1. The van der Waals surface area contributed by atoms with Gasteiger partial charge in [-0.3, -0.25) is 4.79 Å². The number of hydrogen-bond acceptors (Lipinski definition) is 4. The first kappa shape index (κ1) is 14.0. The summed E-state index contributed by atoms with van der Waals surface area (Å²) in [6, 6.07) is 8.09. The second kappa shape index (κ2) is 8.11. The van der Waals surface area contributed by atoms with Crippen molar-refractivity contribution in [3.8, 4) is 0 Å². The van der Waals surface area contributed by atoms with Crippen molar-refractivity contribution >= 4 is 17.7 Å². The molecule has 0 saturated carbocycles. The van der Waals surface area contributed by atoms with Gasteiger partial charge in [-0.05, 0) is 17.7 Å². The van der Waals surface area contributed by atoms with Crippen LogP contribution in [0.3, 0.4) is 0 Å². The number of carbonyl (C=O) groups is 1. The van der Waals surface area contributed by atoms with Gasteiger partial charge in [0.2, 0.25) is 5.91 Å². The summed E-state index contributed by atoms with van der Waals surface area (Å²) in [5, 5.41) is 3.27. The average molecular weight is 254 g/mol. The monoisotopic (exact) mass is 254 g/mol. The fourth-order valence-corrected chi connectivity index (χ4v) is 1.90. The quantitative estimate of drug-likeness (QED) is 0.536. The molecule has 1 aromatic rings. The highest BCUT2D eigenvalue weighted by molar-refractivity contribution is 8.00. The molecule has 0 fully saturated rings. The Morgan fingerprint density at radius 2 is 2.12 bits per heavy atom. The van der Waals surface area contributed by atoms with Gasteiger partial charge in [-0.15, -0.1) is 11.8 Å². The Kier molecular flexibility index (Phi) is 6.69. The number of methoxy groups -OCH3 is 1. The van der Waals surface area contributed by atoms with Crippen LogP contribution in [0.1, 0.15) is 5.56 Å². The van der Waals surface area contributed by atoms with E-state index in [1.807, 2.05) is 24.3 Å². The Hall–Kier alpha value is -1.04. The van der Waals surface area contributed by atoms with E-state index >= 15 is 0 Å². The Morgan fingerprint density at radius 1 is 1.41 bits per heavy atom. The molecule has 0 atom stereocenters. The molecule has 4 nitrogen and oxygen atoms in total. The molecule has 17 heavy (non-hydrogen) atoms. The first-order valence-electron chi connectivity index (χ1n) is 5.42. The lowest BCUT2D eigenvalue weighted by atomic mass is 10.2. The molecule has 0 aromatic heterocycles. The summed E-state index contributed by atoms with van der Waals surface area (Å²) in [6.07, 6.45) is 0. The van der Waals surface area contributed by atoms with Crippen LogP contribution < -0.4 is 11.1 Å². The van der Waals surface area contributed by atoms with Gasteiger partial charge in [-0.25, -0.2) is 0 Å². The van der Waals surface area contributed by atoms with E-state index < -0.39 is 0 Å². The molecular weight excluding hydrogens is 236 g/mol. The topological polar surface area (TPSA) is 64.3 Å². The summed E-state index contributed by atoms with van der Waals surface area (Å²) in [4.78, 5) is 11.7. The van der Waals surface area contributed by atoms with Gasteiger partial charge < -0.3 is 15.8 Å². The second-order valence-corrected chi connectivity index (χ2v) is 4.62. The van der Waals surface area contributed by atoms with Gasteiger partial charge in [0.15, 0.2) is 0 Å². The van der Waals surface area contributed by atoms with Crippen LogP contribution in [0.25, 0.3) is 0 Å². The maximum absolute atomic E-state index is 10.6. The van der Waals surface area contributed by atoms with Gasteiger partial charge in [-0.2, -0.15) is 0 Å². The molecule has 0 bridgehead atoms. The predicted molar refractivity (Wildman–Crippen MR) is 69.9 cm³/mol. The lowest BCUT2D eigenvalue weighted by Crippen LogP contribution is -2.18. The van der Waals surface area contributed by atoms with E-state index in [1.54, 1.807) is 7.11 Å². The van der Waals surface area contributed by atoms with E-state index in [-0.39, 0.29) is 5.91 Å². The fourth-order valence-electron chi connectivity index (χ4n) is 1.26. The van der Waals surface area contributed by atoms with Gasteiger partial charge in [0.1, 0.15) is 0 Å². The van der Waals surface area contributed by atoms with E-state index in [9.17, 15) is 4.79 Å². The number of amides is 1. The maximum atomic E-state index is 10.6. The smallest absolute Gasteiger partial charge is 0.227 e. The molecule has 3 N–H and O–H groups in total. The largest absolute Gasteiger partial charge is 0.383 e. The minimum absolute atomic E-state index is 0.291. The zero-order valence-electron chi connectivity index (χ0n) is 9.94. The molecule has 1 rings (SSSR count). The van der Waals surface area contributed by atoms with E-state index in [0.717, 1.165) is 18.0 Å². The number of nitrogens with one attached hydrogen (secondary N) is 1. The van der Waals surface area contributed by atoms with Crippen molar-refractivity contribution in [2.45, 2.75) is 11.4 Å². The van der Waals surface area contributed by atoms with Gasteiger partial charge in [-0.1, -0.05) is 12.1 Å². The molecule has 1 aromatic carbocycles. The number of rotatable bonds is 8. The van der Waals surface area contributed by atoms with Crippen LogP contribution in [-0.2, 0) is 16.1 Å². The standard InChI is InChI=1S/C12H18N2O2S/c1-16-7-6-14-8-10-2-4-11(5-3-10)17-9-12(13)15/h2-5,14H,6-9H2,1H3,(H2,13,15). The van der Waals surface area contributed by atoms with Crippen molar-refractivity contribution < 1.29 is 9.53 Å². The van der Waals surface area contributed by atoms with E-state index in [4.69, 9.17) is 10.5 Å². The fraction of sp³-hybridized carbons (Fsp3) is 0.417. The number of nitrogens with two attached hydrogens (primary N) is 1. The molecule has 0 aliphatic heterocycles. The van der Waals surface area contributed by atoms with Crippen molar-refractivity contribution in [2.24, 2.45) is 5.73 Å². The molecule has 0 aliphatic carbocycles. The Balaban J connectivity index is 2.31. The van der Waals surface area contributed by atoms with Crippen molar-refractivity contribution in [1.29, 1.82) is 0 Å². The summed E-state index contributed by atoms with van der Waals surface area (Å²) in [6.45, 7) is 2.38. The van der Waals surface area contributed by atoms with Gasteiger partial charge in [0.05, 0.1) is 12.4 Å². The van der Waals surface area contributed by atoms with Crippen molar-refractivity contribution in [2.75, 3.05) is 26.0 Å².